The zero-order chi connectivity index (χ0) is 11.1. The van der Waals surface area contributed by atoms with Gasteiger partial charge in [0.15, 0.2) is 0 Å². The maximum absolute atomic E-state index is 2.32. The maximum Gasteiger partial charge on any atom is 0.0905 e. The molecule has 0 atom stereocenters. The third-order valence-corrected chi connectivity index (χ3v) is 3.02. The minimum absolute atomic E-state index is 0.392. The van der Waals surface area contributed by atoms with Crippen LogP contribution >= 0.6 is 0 Å². The zero-order valence-corrected chi connectivity index (χ0v) is 11.1. The zero-order valence-electron chi connectivity index (χ0n) is 11.1. The molecule has 0 N–H and O–H groups in total. The Hall–Kier alpha value is -0.0400. The standard InChI is InChI=1S/C9H22N.C3H8/c1-7-10(6,8-2)9(3,4)5;1-3-2/h7-8H2,1-6H3;3H2,1-2H3/q+1;. The molecule has 0 aromatic heterocycles. The molecule has 0 aliphatic heterocycles. The fourth-order valence-corrected chi connectivity index (χ4v) is 1.17. The molecule has 13 heavy (non-hydrogen) atoms. The lowest BCUT2D eigenvalue weighted by Gasteiger charge is -2.44. The van der Waals surface area contributed by atoms with Crippen molar-refractivity contribution in [2.24, 2.45) is 0 Å². The molecule has 0 spiro atoms. The van der Waals surface area contributed by atoms with Crippen LogP contribution < -0.4 is 0 Å². The predicted octanol–water partition coefficient (Wildman–Crippen LogP) is 3.69. The van der Waals surface area contributed by atoms with Crippen molar-refractivity contribution in [1.82, 2.24) is 0 Å². The topological polar surface area (TPSA) is 0 Å². The monoisotopic (exact) mass is 188 g/mol. The van der Waals surface area contributed by atoms with Crippen molar-refractivity contribution in [1.29, 1.82) is 0 Å². The molecular weight excluding hydrogens is 158 g/mol. The molecule has 82 valence electrons. The Labute approximate surface area is 85.7 Å². The minimum atomic E-state index is 0.392. The highest BCUT2D eigenvalue weighted by molar-refractivity contribution is 4.60. The van der Waals surface area contributed by atoms with Crippen LogP contribution in [0.1, 0.15) is 54.9 Å². The van der Waals surface area contributed by atoms with Crippen LogP contribution in [0.4, 0.5) is 0 Å². The van der Waals surface area contributed by atoms with Crippen molar-refractivity contribution in [2.45, 2.75) is 60.4 Å². The quantitative estimate of drug-likeness (QED) is 0.580. The molecule has 0 saturated heterocycles. The normalized spacial score (nSPS) is 12.0. The van der Waals surface area contributed by atoms with E-state index in [0.717, 1.165) is 4.48 Å². The molecule has 1 heteroatoms. The van der Waals surface area contributed by atoms with Gasteiger partial charge < -0.3 is 4.48 Å². The summed E-state index contributed by atoms with van der Waals surface area (Å²) in [7, 11) is 2.32. The lowest BCUT2D eigenvalue weighted by molar-refractivity contribution is -0.950. The van der Waals surface area contributed by atoms with E-state index in [9.17, 15) is 0 Å². The molecule has 0 saturated carbocycles. The molecule has 0 rings (SSSR count). The van der Waals surface area contributed by atoms with Crippen LogP contribution in [0, 0.1) is 0 Å². The smallest absolute Gasteiger partial charge is 0.0905 e. The highest BCUT2D eigenvalue weighted by Gasteiger charge is 2.32. The molecule has 0 aromatic carbocycles. The highest BCUT2D eigenvalue weighted by Crippen LogP contribution is 2.20. The van der Waals surface area contributed by atoms with E-state index in [4.69, 9.17) is 0 Å². The molecule has 1 nitrogen and oxygen atoms in total. The third kappa shape index (κ3) is 5.30. The molecule has 0 heterocycles. The summed E-state index contributed by atoms with van der Waals surface area (Å²) in [5, 5.41) is 0. The van der Waals surface area contributed by atoms with E-state index >= 15 is 0 Å². The van der Waals surface area contributed by atoms with Crippen LogP contribution in [0.15, 0.2) is 0 Å². The predicted molar refractivity (Wildman–Crippen MR) is 63.0 cm³/mol. The van der Waals surface area contributed by atoms with Gasteiger partial charge in [-0.25, -0.2) is 0 Å². The SMILES string of the molecule is CCC.CC[N+](C)(CC)C(C)(C)C. The van der Waals surface area contributed by atoms with Gasteiger partial charge in [-0.05, 0) is 34.6 Å². The van der Waals surface area contributed by atoms with E-state index in [0.29, 0.717) is 5.54 Å². The van der Waals surface area contributed by atoms with Crippen molar-refractivity contribution in [3.05, 3.63) is 0 Å². The van der Waals surface area contributed by atoms with E-state index in [1.165, 1.54) is 19.5 Å². The summed E-state index contributed by atoms with van der Waals surface area (Å²) in [6, 6.07) is 0. The number of hydrogen-bond donors (Lipinski definition) is 0. The van der Waals surface area contributed by atoms with Crippen LogP contribution in [0.3, 0.4) is 0 Å². The van der Waals surface area contributed by atoms with Gasteiger partial charge in [0.05, 0.1) is 25.7 Å². The minimum Gasteiger partial charge on any atom is -0.322 e. The average molecular weight is 188 g/mol. The Morgan fingerprint density at radius 2 is 1.08 bits per heavy atom. The highest BCUT2D eigenvalue weighted by atomic mass is 15.4. The summed E-state index contributed by atoms with van der Waals surface area (Å²) in [5.41, 5.74) is 0.392. The lowest BCUT2D eigenvalue weighted by Crippen LogP contribution is -2.56. The van der Waals surface area contributed by atoms with Gasteiger partial charge in [-0.3, -0.25) is 0 Å². The number of nitrogens with zero attached hydrogens (tertiary/aromatic N) is 1. The summed E-state index contributed by atoms with van der Waals surface area (Å²) in [6.07, 6.45) is 1.25. The van der Waals surface area contributed by atoms with Crippen molar-refractivity contribution in [2.75, 3.05) is 20.1 Å². The van der Waals surface area contributed by atoms with Crippen LogP contribution in [-0.4, -0.2) is 30.2 Å². The van der Waals surface area contributed by atoms with Gasteiger partial charge >= 0.3 is 0 Å². The third-order valence-electron chi connectivity index (χ3n) is 3.02. The van der Waals surface area contributed by atoms with Crippen LogP contribution in [0.5, 0.6) is 0 Å². The van der Waals surface area contributed by atoms with Crippen molar-refractivity contribution in [3.63, 3.8) is 0 Å². The van der Waals surface area contributed by atoms with Gasteiger partial charge in [0.1, 0.15) is 0 Å². The Kier molecular flexibility index (Phi) is 7.62. The second-order valence-corrected chi connectivity index (χ2v) is 4.91. The maximum atomic E-state index is 2.32. The van der Waals surface area contributed by atoms with Crippen LogP contribution in [0.2, 0.25) is 0 Å². The number of hydrogen-bond acceptors (Lipinski definition) is 0. The Morgan fingerprint density at radius 1 is 0.846 bits per heavy atom. The fourth-order valence-electron chi connectivity index (χ4n) is 1.17. The first-order chi connectivity index (χ1) is 5.79. The first kappa shape index (κ1) is 15.4. The van der Waals surface area contributed by atoms with Crippen molar-refractivity contribution < 1.29 is 4.48 Å². The van der Waals surface area contributed by atoms with Gasteiger partial charge in [0.2, 0.25) is 0 Å². The fraction of sp³-hybridized carbons (Fsp3) is 1.00. The second-order valence-electron chi connectivity index (χ2n) is 4.91. The van der Waals surface area contributed by atoms with Gasteiger partial charge in [-0.1, -0.05) is 20.3 Å². The second kappa shape index (κ2) is 6.42. The van der Waals surface area contributed by atoms with E-state index in [2.05, 4.69) is 55.5 Å². The van der Waals surface area contributed by atoms with Crippen molar-refractivity contribution in [3.8, 4) is 0 Å². The molecule has 0 aliphatic carbocycles. The Bertz CT molecular complexity index is 107. The van der Waals surface area contributed by atoms with Crippen LogP contribution in [-0.2, 0) is 0 Å². The molecule has 0 aliphatic rings. The summed E-state index contributed by atoms with van der Waals surface area (Å²) >= 11 is 0. The first-order valence-corrected chi connectivity index (χ1v) is 5.63. The van der Waals surface area contributed by atoms with Gasteiger partial charge in [0.25, 0.3) is 0 Å². The van der Waals surface area contributed by atoms with E-state index < -0.39 is 0 Å². The Morgan fingerprint density at radius 3 is 1.08 bits per heavy atom. The Balaban J connectivity index is 0. The summed E-state index contributed by atoms with van der Waals surface area (Å²) in [6.45, 7) is 18.1. The molecule has 0 bridgehead atoms. The van der Waals surface area contributed by atoms with Gasteiger partial charge in [-0.15, -0.1) is 0 Å². The number of quaternary nitrogens is 1. The van der Waals surface area contributed by atoms with Crippen molar-refractivity contribution >= 4 is 0 Å². The molecule has 0 amide bonds. The van der Waals surface area contributed by atoms with E-state index in [1.807, 2.05) is 0 Å². The van der Waals surface area contributed by atoms with Gasteiger partial charge in [0, 0.05) is 0 Å². The molecule has 0 aromatic rings. The average Bonchev–Trinajstić information content (AvgIpc) is 2.02. The summed E-state index contributed by atoms with van der Waals surface area (Å²) in [5.74, 6) is 0. The number of rotatable bonds is 2. The molecule has 0 radical (unpaired) electrons. The summed E-state index contributed by atoms with van der Waals surface area (Å²) < 4.78 is 1.16. The summed E-state index contributed by atoms with van der Waals surface area (Å²) in [4.78, 5) is 0. The lowest BCUT2D eigenvalue weighted by atomic mass is 10.0. The molecular formula is C12H30N+. The van der Waals surface area contributed by atoms with E-state index in [1.54, 1.807) is 0 Å². The first-order valence-electron chi connectivity index (χ1n) is 5.63. The molecule has 0 fully saturated rings. The van der Waals surface area contributed by atoms with E-state index in [-0.39, 0.29) is 0 Å². The largest absolute Gasteiger partial charge is 0.322 e. The molecule has 0 unspecified atom stereocenters. The van der Waals surface area contributed by atoms with Crippen LogP contribution in [0.25, 0.3) is 0 Å². The van der Waals surface area contributed by atoms with Gasteiger partial charge in [-0.2, -0.15) is 0 Å².